The highest BCUT2D eigenvalue weighted by Crippen LogP contribution is 2.12. The topological polar surface area (TPSA) is 75.4 Å². The number of rotatable bonds is 6. The van der Waals surface area contributed by atoms with Gasteiger partial charge >= 0.3 is 5.97 Å². The summed E-state index contributed by atoms with van der Waals surface area (Å²) in [6.07, 6.45) is 3.12. The van der Waals surface area contributed by atoms with Gasteiger partial charge in [-0.15, -0.1) is 0 Å². The predicted octanol–water partition coefficient (Wildman–Crippen LogP) is 1.78. The van der Waals surface area contributed by atoms with Crippen LogP contribution in [0, 0.1) is 5.92 Å². The van der Waals surface area contributed by atoms with E-state index in [1.165, 1.54) is 6.20 Å². The molecule has 1 N–H and O–H groups in total. The van der Waals surface area contributed by atoms with E-state index in [1.807, 2.05) is 30.3 Å². The first kappa shape index (κ1) is 15.8. The SMILES string of the molecule is CC(CN(Cc1ccccc1)C(=O)c1cnn(C)c1)C(=O)O. The number of aromatic nitrogens is 2. The molecule has 0 fully saturated rings. The van der Waals surface area contributed by atoms with Gasteiger partial charge in [-0.25, -0.2) is 0 Å². The summed E-state index contributed by atoms with van der Waals surface area (Å²) >= 11 is 0. The summed E-state index contributed by atoms with van der Waals surface area (Å²) in [5.41, 5.74) is 1.41. The lowest BCUT2D eigenvalue weighted by Crippen LogP contribution is -2.36. The molecule has 0 aliphatic rings. The molecule has 1 aromatic carbocycles. The largest absolute Gasteiger partial charge is 0.481 e. The molecule has 0 aliphatic heterocycles. The Labute approximate surface area is 129 Å². The van der Waals surface area contributed by atoms with Crippen LogP contribution in [0.4, 0.5) is 0 Å². The van der Waals surface area contributed by atoms with Crippen molar-refractivity contribution >= 4 is 11.9 Å². The molecule has 0 saturated heterocycles. The fourth-order valence-corrected chi connectivity index (χ4v) is 2.15. The quantitative estimate of drug-likeness (QED) is 0.882. The molecule has 1 amide bonds. The third-order valence-corrected chi connectivity index (χ3v) is 3.37. The molecule has 0 saturated carbocycles. The summed E-state index contributed by atoms with van der Waals surface area (Å²) in [6.45, 7) is 2.11. The minimum Gasteiger partial charge on any atom is -0.481 e. The van der Waals surface area contributed by atoms with Crippen LogP contribution in [0.25, 0.3) is 0 Å². The summed E-state index contributed by atoms with van der Waals surface area (Å²) in [7, 11) is 1.73. The Balaban J connectivity index is 2.20. The first-order valence-corrected chi connectivity index (χ1v) is 7.02. The maximum atomic E-state index is 12.6. The first-order chi connectivity index (χ1) is 10.5. The number of hydrogen-bond acceptors (Lipinski definition) is 3. The summed E-state index contributed by atoms with van der Waals surface area (Å²) < 4.78 is 1.55. The Kier molecular flexibility index (Phi) is 4.93. The molecule has 1 unspecified atom stereocenters. The van der Waals surface area contributed by atoms with Crippen molar-refractivity contribution in [2.75, 3.05) is 6.54 Å². The number of carbonyl (C=O) groups excluding carboxylic acids is 1. The highest BCUT2D eigenvalue weighted by Gasteiger charge is 2.22. The van der Waals surface area contributed by atoms with Gasteiger partial charge in [-0.3, -0.25) is 14.3 Å². The number of benzene rings is 1. The average Bonchev–Trinajstić information content (AvgIpc) is 2.93. The Morgan fingerprint density at radius 1 is 1.32 bits per heavy atom. The van der Waals surface area contributed by atoms with Crippen LogP contribution in [-0.2, 0) is 18.4 Å². The second kappa shape index (κ2) is 6.89. The molecule has 6 nitrogen and oxygen atoms in total. The second-order valence-corrected chi connectivity index (χ2v) is 5.31. The van der Waals surface area contributed by atoms with Crippen LogP contribution in [0.3, 0.4) is 0 Å². The third kappa shape index (κ3) is 3.94. The van der Waals surface area contributed by atoms with Crippen molar-refractivity contribution in [1.82, 2.24) is 14.7 Å². The van der Waals surface area contributed by atoms with Crippen LogP contribution in [-0.4, -0.2) is 38.2 Å². The Bertz CT molecular complexity index is 652. The third-order valence-electron chi connectivity index (χ3n) is 3.37. The number of carbonyl (C=O) groups is 2. The van der Waals surface area contributed by atoms with Crippen LogP contribution < -0.4 is 0 Å². The lowest BCUT2D eigenvalue weighted by Gasteiger charge is -2.24. The molecule has 0 radical (unpaired) electrons. The molecule has 6 heteroatoms. The van der Waals surface area contributed by atoms with Gasteiger partial charge in [0.1, 0.15) is 0 Å². The van der Waals surface area contributed by atoms with Gasteiger partial charge in [0.25, 0.3) is 5.91 Å². The lowest BCUT2D eigenvalue weighted by atomic mass is 10.1. The Morgan fingerprint density at radius 2 is 2.00 bits per heavy atom. The number of aliphatic carboxylic acids is 1. The molecule has 1 atom stereocenters. The lowest BCUT2D eigenvalue weighted by molar-refractivity contribution is -0.141. The van der Waals surface area contributed by atoms with E-state index in [0.29, 0.717) is 12.1 Å². The van der Waals surface area contributed by atoms with Crippen molar-refractivity contribution in [3.63, 3.8) is 0 Å². The number of amides is 1. The minimum absolute atomic E-state index is 0.151. The van der Waals surface area contributed by atoms with Gasteiger partial charge in [0.2, 0.25) is 0 Å². The predicted molar refractivity (Wildman–Crippen MR) is 81.2 cm³/mol. The Morgan fingerprint density at radius 3 is 2.55 bits per heavy atom. The summed E-state index contributed by atoms with van der Waals surface area (Å²) in [4.78, 5) is 25.2. The smallest absolute Gasteiger partial charge is 0.308 e. The molecule has 0 spiro atoms. The Hall–Kier alpha value is -2.63. The highest BCUT2D eigenvalue weighted by atomic mass is 16.4. The number of nitrogens with zero attached hydrogens (tertiary/aromatic N) is 3. The van der Waals surface area contributed by atoms with Crippen LogP contribution >= 0.6 is 0 Å². The van der Waals surface area contributed by atoms with E-state index in [4.69, 9.17) is 5.11 Å². The number of hydrogen-bond donors (Lipinski definition) is 1. The molecule has 0 bridgehead atoms. The van der Waals surface area contributed by atoms with E-state index in [9.17, 15) is 9.59 Å². The molecule has 1 heterocycles. The van der Waals surface area contributed by atoms with Gasteiger partial charge < -0.3 is 10.0 Å². The van der Waals surface area contributed by atoms with Crippen molar-refractivity contribution in [2.45, 2.75) is 13.5 Å². The fourth-order valence-electron chi connectivity index (χ4n) is 2.15. The zero-order valence-corrected chi connectivity index (χ0v) is 12.6. The molecule has 22 heavy (non-hydrogen) atoms. The summed E-state index contributed by atoms with van der Waals surface area (Å²) in [5.74, 6) is -1.77. The molecule has 2 rings (SSSR count). The van der Waals surface area contributed by atoms with Gasteiger partial charge in [0, 0.05) is 26.3 Å². The van der Waals surface area contributed by atoms with E-state index in [1.54, 1.807) is 29.7 Å². The first-order valence-electron chi connectivity index (χ1n) is 7.02. The maximum absolute atomic E-state index is 12.6. The van der Waals surface area contributed by atoms with Gasteiger partial charge in [0.15, 0.2) is 0 Å². The second-order valence-electron chi connectivity index (χ2n) is 5.31. The highest BCUT2D eigenvalue weighted by molar-refractivity contribution is 5.94. The normalized spacial score (nSPS) is 11.9. The van der Waals surface area contributed by atoms with Crippen molar-refractivity contribution in [2.24, 2.45) is 13.0 Å². The molecular formula is C16H19N3O3. The van der Waals surface area contributed by atoms with Crippen LogP contribution in [0.5, 0.6) is 0 Å². The summed E-state index contributed by atoms with van der Waals surface area (Å²) in [6, 6.07) is 9.51. The van der Waals surface area contributed by atoms with E-state index < -0.39 is 11.9 Å². The van der Waals surface area contributed by atoms with E-state index in [0.717, 1.165) is 5.56 Å². The molecular weight excluding hydrogens is 282 g/mol. The molecule has 116 valence electrons. The number of carboxylic acid groups (broad SMARTS) is 1. The minimum atomic E-state index is -0.919. The summed E-state index contributed by atoms with van der Waals surface area (Å²) in [5, 5.41) is 13.1. The maximum Gasteiger partial charge on any atom is 0.308 e. The average molecular weight is 301 g/mol. The monoisotopic (exact) mass is 301 g/mol. The zero-order chi connectivity index (χ0) is 16.1. The van der Waals surface area contributed by atoms with Crippen LogP contribution in [0.2, 0.25) is 0 Å². The fraction of sp³-hybridized carbons (Fsp3) is 0.312. The molecule has 0 aliphatic carbocycles. The van der Waals surface area contributed by atoms with Gasteiger partial charge in [-0.05, 0) is 5.56 Å². The zero-order valence-electron chi connectivity index (χ0n) is 12.6. The van der Waals surface area contributed by atoms with Crippen molar-refractivity contribution in [3.05, 3.63) is 53.9 Å². The number of carboxylic acids is 1. The molecule has 1 aromatic heterocycles. The van der Waals surface area contributed by atoms with Crippen molar-refractivity contribution in [3.8, 4) is 0 Å². The van der Waals surface area contributed by atoms with Crippen LogP contribution in [0.15, 0.2) is 42.7 Å². The van der Waals surface area contributed by atoms with Gasteiger partial charge in [-0.2, -0.15) is 5.10 Å². The van der Waals surface area contributed by atoms with Crippen LogP contribution in [0.1, 0.15) is 22.8 Å². The van der Waals surface area contributed by atoms with Crippen molar-refractivity contribution < 1.29 is 14.7 Å². The molecule has 2 aromatic rings. The van der Waals surface area contributed by atoms with Crippen molar-refractivity contribution in [1.29, 1.82) is 0 Å². The van der Waals surface area contributed by atoms with E-state index >= 15 is 0 Å². The van der Waals surface area contributed by atoms with Gasteiger partial charge in [-0.1, -0.05) is 37.3 Å². The number of aryl methyl sites for hydroxylation is 1. The van der Waals surface area contributed by atoms with Gasteiger partial charge in [0.05, 0.1) is 17.7 Å². The standard InChI is InChI=1S/C16H19N3O3/c1-12(16(21)22)9-19(10-13-6-4-3-5-7-13)15(20)14-8-17-18(2)11-14/h3-8,11-12H,9-10H2,1-2H3,(H,21,22). The van der Waals surface area contributed by atoms with E-state index in [-0.39, 0.29) is 12.5 Å². The van der Waals surface area contributed by atoms with E-state index in [2.05, 4.69) is 5.10 Å².